The van der Waals surface area contributed by atoms with Gasteiger partial charge in [0.2, 0.25) is 11.8 Å². The van der Waals surface area contributed by atoms with Crippen LogP contribution in [0.15, 0.2) is 18.2 Å². The molecule has 4 N–H and O–H groups in total. The number of fused-ring (bicyclic) bond motifs is 1. The van der Waals surface area contributed by atoms with Crippen LogP contribution in [0, 0.1) is 0 Å². The van der Waals surface area contributed by atoms with Crippen LogP contribution in [0.5, 0.6) is 0 Å². The normalized spacial score (nSPS) is 23.1. The standard InChI is InChI=1S/C22H30N4O5/c23-14-22(6-9-30-10-7-22)31-11-8-24-12-15-2-1-3-16-13-26(21(29)19(15)16)17-4-5-18(27)25-20(17)28/h1-3,17,24H,4-14,23H2,(H,25,27,28). The first-order chi connectivity index (χ1) is 15.0. The van der Waals surface area contributed by atoms with Crippen molar-refractivity contribution in [1.82, 2.24) is 15.5 Å². The van der Waals surface area contributed by atoms with E-state index in [9.17, 15) is 14.4 Å². The molecule has 9 heteroatoms. The molecule has 3 aliphatic rings. The van der Waals surface area contributed by atoms with E-state index in [4.69, 9.17) is 15.2 Å². The van der Waals surface area contributed by atoms with Crippen molar-refractivity contribution >= 4 is 17.7 Å². The quantitative estimate of drug-likeness (QED) is 0.394. The Morgan fingerprint density at radius 1 is 1.26 bits per heavy atom. The van der Waals surface area contributed by atoms with E-state index in [1.54, 1.807) is 4.90 Å². The third-order valence-corrected chi connectivity index (χ3v) is 6.42. The van der Waals surface area contributed by atoms with Crippen molar-refractivity contribution in [3.63, 3.8) is 0 Å². The minimum atomic E-state index is -0.598. The molecule has 0 spiro atoms. The van der Waals surface area contributed by atoms with E-state index in [0.29, 0.717) is 58.0 Å². The average Bonchev–Trinajstić information content (AvgIpc) is 3.11. The first-order valence-electron chi connectivity index (χ1n) is 10.9. The van der Waals surface area contributed by atoms with Crippen molar-refractivity contribution in [1.29, 1.82) is 0 Å². The van der Waals surface area contributed by atoms with Crippen molar-refractivity contribution in [3.05, 3.63) is 34.9 Å². The van der Waals surface area contributed by atoms with Gasteiger partial charge in [0.25, 0.3) is 5.91 Å². The summed E-state index contributed by atoms with van der Waals surface area (Å²) in [7, 11) is 0. The average molecular weight is 431 g/mol. The Balaban J connectivity index is 1.33. The number of carbonyl (C=O) groups is 3. The summed E-state index contributed by atoms with van der Waals surface area (Å²) in [4.78, 5) is 38.3. The van der Waals surface area contributed by atoms with Crippen molar-refractivity contribution < 1.29 is 23.9 Å². The predicted molar refractivity (Wildman–Crippen MR) is 112 cm³/mol. The van der Waals surface area contributed by atoms with Gasteiger partial charge in [-0.1, -0.05) is 18.2 Å². The highest BCUT2D eigenvalue weighted by molar-refractivity contribution is 6.05. The molecule has 0 aliphatic carbocycles. The van der Waals surface area contributed by atoms with Gasteiger partial charge in [-0.05, 0) is 17.5 Å². The lowest BCUT2D eigenvalue weighted by molar-refractivity contribution is -0.136. The first-order valence-corrected chi connectivity index (χ1v) is 10.9. The number of carbonyl (C=O) groups excluding carboxylic acids is 3. The maximum atomic E-state index is 13.1. The lowest BCUT2D eigenvalue weighted by Gasteiger charge is -2.36. The Hall–Kier alpha value is -2.33. The molecule has 0 aromatic heterocycles. The van der Waals surface area contributed by atoms with E-state index in [0.717, 1.165) is 24.0 Å². The molecule has 1 unspecified atom stereocenters. The Bertz CT molecular complexity index is 852. The number of hydrogen-bond acceptors (Lipinski definition) is 7. The molecule has 1 aromatic rings. The van der Waals surface area contributed by atoms with Gasteiger partial charge in [-0.3, -0.25) is 19.7 Å². The largest absolute Gasteiger partial charge is 0.381 e. The van der Waals surface area contributed by atoms with Crippen molar-refractivity contribution in [2.24, 2.45) is 5.73 Å². The maximum absolute atomic E-state index is 13.1. The van der Waals surface area contributed by atoms with Crippen molar-refractivity contribution in [2.75, 3.05) is 32.9 Å². The lowest BCUT2D eigenvalue weighted by atomic mass is 9.94. The van der Waals surface area contributed by atoms with Crippen LogP contribution in [0.25, 0.3) is 0 Å². The Morgan fingerprint density at radius 3 is 2.81 bits per heavy atom. The summed E-state index contributed by atoms with van der Waals surface area (Å²) in [5.74, 6) is -0.826. The third-order valence-electron chi connectivity index (χ3n) is 6.42. The zero-order valence-corrected chi connectivity index (χ0v) is 17.7. The molecular formula is C22H30N4O5. The van der Waals surface area contributed by atoms with Crippen LogP contribution >= 0.6 is 0 Å². The SMILES string of the molecule is NCC1(OCCNCc2cccc3c2C(=O)N(C2CCC(=O)NC2=O)C3)CCOCC1. The van der Waals surface area contributed by atoms with Crippen molar-refractivity contribution in [3.8, 4) is 0 Å². The van der Waals surface area contributed by atoms with E-state index >= 15 is 0 Å². The Labute approximate surface area is 181 Å². The molecule has 1 aromatic carbocycles. The summed E-state index contributed by atoms with van der Waals surface area (Å²) >= 11 is 0. The second-order valence-corrected chi connectivity index (χ2v) is 8.38. The smallest absolute Gasteiger partial charge is 0.255 e. The number of hydrogen-bond donors (Lipinski definition) is 3. The molecule has 2 saturated heterocycles. The van der Waals surface area contributed by atoms with Gasteiger partial charge in [-0.2, -0.15) is 0 Å². The van der Waals surface area contributed by atoms with E-state index in [1.165, 1.54) is 0 Å². The summed E-state index contributed by atoms with van der Waals surface area (Å²) < 4.78 is 11.5. The highest BCUT2D eigenvalue weighted by atomic mass is 16.5. The van der Waals surface area contributed by atoms with E-state index in [1.807, 2.05) is 18.2 Å². The number of nitrogens with two attached hydrogens (primary N) is 1. The van der Waals surface area contributed by atoms with E-state index < -0.39 is 11.9 Å². The molecular weight excluding hydrogens is 400 g/mol. The molecule has 3 heterocycles. The fourth-order valence-corrected chi connectivity index (χ4v) is 4.55. The van der Waals surface area contributed by atoms with Crippen LogP contribution in [0.4, 0.5) is 0 Å². The lowest BCUT2D eigenvalue weighted by Crippen LogP contribution is -2.52. The molecule has 3 amide bonds. The number of ether oxygens (including phenoxy) is 2. The highest BCUT2D eigenvalue weighted by Crippen LogP contribution is 2.30. The zero-order valence-electron chi connectivity index (χ0n) is 17.7. The highest BCUT2D eigenvalue weighted by Gasteiger charge is 2.40. The van der Waals surface area contributed by atoms with Gasteiger partial charge < -0.3 is 25.4 Å². The summed E-state index contributed by atoms with van der Waals surface area (Å²) in [6.07, 6.45) is 2.23. The summed E-state index contributed by atoms with van der Waals surface area (Å²) in [6.45, 7) is 3.91. The minimum absolute atomic E-state index is 0.151. The summed E-state index contributed by atoms with van der Waals surface area (Å²) in [5, 5.41) is 5.69. The minimum Gasteiger partial charge on any atom is -0.381 e. The van der Waals surface area contributed by atoms with Gasteiger partial charge >= 0.3 is 0 Å². The molecule has 1 atom stereocenters. The van der Waals surface area contributed by atoms with Crippen LogP contribution in [-0.2, 0) is 32.2 Å². The van der Waals surface area contributed by atoms with Crippen LogP contribution in [-0.4, -0.2) is 67.2 Å². The second-order valence-electron chi connectivity index (χ2n) is 8.38. The van der Waals surface area contributed by atoms with Gasteiger partial charge in [-0.15, -0.1) is 0 Å². The van der Waals surface area contributed by atoms with Gasteiger partial charge in [0.05, 0.1) is 12.2 Å². The first kappa shape index (κ1) is 21.9. The molecule has 2 fully saturated rings. The Morgan fingerprint density at radius 2 is 2.06 bits per heavy atom. The van der Waals surface area contributed by atoms with Crippen LogP contribution in [0.2, 0.25) is 0 Å². The van der Waals surface area contributed by atoms with Gasteiger partial charge in [0.15, 0.2) is 0 Å². The molecule has 4 rings (SSSR count). The Kier molecular flexibility index (Phi) is 6.66. The van der Waals surface area contributed by atoms with Crippen LogP contribution < -0.4 is 16.4 Å². The zero-order chi connectivity index (χ0) is 21.8. The maximum Gasteiger partial charge on any atom is 0.255 e. The van der Waals surface area contributed by atoms with Crippen molar-refractivity contribution in [2.45, 2.75) is 50.4 Å². The molecule has 0 saturated carbocycles. The molecule has 9 nitrogen and oxygen atoms in total. The number of rotatable bonds is 8. The number of imide groups is 1. The third kappa shape index (κ3) is 4.64. The van der Waals surface area contributed by atoms with E-state index in [-0.39, 0.29) is 23.8 Å². The number of piperidine rings is 1. The molecule has 31 heavy (non-hydrogen) atoms. The van der Waals surface area contributed by atoms with E-state index in [2.05, 4.69) is 10.6 Å². The number of nitrogens with zero attached hydrogens (tertiary/aromatic N) is 1. The molecule has 0 bridgehead atoms. The van der Waals surface area contributed by atoms with Crippen LogP contribution in [0.3, 0.4) is 0 Å². The fraction of sp³-hybridized carbons (Fsp3) is 0.591. The summed E-state index contributed by atoms with van der Waals surface area (Å²) in [6, 6.07) is 5.18. The number of benzene rings is 1. The van der Waals surface area contributed by atoms with Gasteiger partial charge in [-0.25, -0.2) is 0 Å². The number of nitrogens with one attached hydrogen (secondary N) is 2. The second kappa shape index (κ2) is 9.44. The summed E-state index contributed by atoms with van der Waals surface area (Å²) in [5.41, 5.74) is 8.09. The molecule has 3 aliphatic heterocycles. The monoisotopic (exact) mass is 430 g/mol. The van der Waals surface area contributed by atoms with Gasteiger partial charge in [0.1, 0.15) is 6.04 Å². The molecule has 0 radical (unpaired) electrons. The topological polar surface area (TPSA) is 123 Å². The van der Waals surface area contributed by atoms with Gasteiger partial charge in [0, 0.05) is 64.2 Å². The van der Waals surface area contributed by atoms with Crippen LogP contribution in [0.1, 0.15) is 47.2 Å². The number of amides is 3. The molecule has 168 valence electrons. The predicted octanol–water partition coefficient (Wildman–Crippen LogP) is 0.0617. The fourth-order valence-electron chi connectivity index (χ4n) is 4.55.